The molecule has 1 heterocycles. The molecule has 0 fully saturated rings. The van der Waals surface area contributed by atoms with Crippen LogP contribution in [-0.2, 0) is 6.54 Å². The molecule has 2 aromatic rings. The molecule has 0 saturated heterocycles. The Morgan fingerprint density at radius 1 is 1.21 bits per heavy atom. The van der Waals surface area contributed by atoms with E-state index < -0.39 is 0 Å². The van der Waals surface area contributed by atoms with Crippen molar-refractivity contribution in [3.05, 3.63) is 48.3 Å². The molecule has 0 aliphatic heterocycles. The standard InChI is InChI=1S/C18H27N5S/c1-5-19-17(21-14-18(2,3)24-4)20-13-15-11-12-23(22-15)16-9-7-6-8-10-16/h6-12H,5,13-14H2,1-4H3,(H2,19,20,21). The molecule has 130 valence electrons. The second kappa shape index (κ2) is 8.78. The second-order valence-electron chi connectivity index (χ2n) is 6.10. The van der Waals surface area contributed by atoms with Crippen molar-refractivity contribution < 1.29 is 0 Å². The first-order chi connectivity index (χ1) is 11.5. The summed E-state index contributed by atoms with van der Waals surface area (Å²) in [6, 6.07) is 12.1. The maximum atomic E-state index is 4.64. The van der Waals surface area contributed by atoms with Crippen LogP contribution in [0.3, 0.4) is 0 Å². The van der Waals surface area contributed by atoms with Crippen molar-refractivity contribution in [3.8, 4) is 5.69 Å². The van der Waals surface area contributed by atoms with Gasteiger partial charge in [0, 0.05) is 24.0 Å². The van der Waals surface area contributed by atoms with Crippen LogP contribution >= 0.6 is 11.8 Å². The summed E-state index contributed by atoms with van der Waals surface area (Å²) in [4.78, 5) is 4.64. The van der Waals surface area contributed by atoms with Crippen LogP contribution < -0.4 is 10.6 Å². The molecule has 1 aromatic heterocycles. The molecule has 2 N–H and O–H groups in total. The van der Waals surface area contributed by atoms with Crippen LogP contribution in [0, 0.1) is 0 Å². The summed E-state index contributed by atoms with van der Waals surface area (Å²) in [6.07, 6.45) is 4.10. The van der Waals surface area contributed by atoms with E-state index in [1.54, 1.807) is 0 Å². The Morgan fingerprint density at radius 2 is 1.96 bits per heavy atom. The van der Waals surface area contributed by atoms with Gasteiger partial charge in [-0.15, -0.1) is 0 Å². The topological polar surface area (TPSA) is 54.2 Å². The fourth-order valence-corrected chi connectivity index (χ4v) is 2.26. The summed E-state index contributed by atoms with van der Waals surface area (Å²) in [5.41, 5.74) is 2.00. The quantitative estimate of drug-likeness (QED) is 0.598. The average Bonchev–Trinajstić information content (AvgIpc) is 3.07. The highest BCUT2D eigenvalue weighted by atomic mass is 32.2. The summed E-state index contributed by atoms with van der Waals surface area (Å²) in [7, 11) is 0. The number of hydrogen-bond donors (Lipinski definition) is 2. The highest BCUT2D eigenvalue weighted by Gasteiger charge is 2.16. The van der Waals surface area contributed by atoms with Crippen LogP contribution in [0.25, 0.3) is 5.69 Å². The van der Waals surface area contributed by atoms with Crippen molar-refractivity contribution in [2.24, 2.45) is 4.99 Å². The fraction of sp³-hybridized carbons (Fsp3) is 0.444. The normalized spacial score (nSPS) is 12.2. The van der Waals surface area contributed by atoms with Gasteiger partial charge in [-0.05, 0) is 45.2 Å². The summed E-state index contributed by atoms with van der Waals surface area (Å²) < 4.78 is 2.05. The van der Waals surface area contributed by atoms with E-state index in [4.69, 9.17) is 0 Å². The average molecular weight is 346 g/mol. The van der Waals surface area contributed by atoms with E-state index in [1.165, 1.54) is 0 Å². The number of aliphatic imine (C=N–C) groups is 1. The highest BCUT2D eigenvalue weighted by Crippen LogP contribution is 2.19. The Kier molecular flexibility index (Phi) is 6.73. The van der Waals surface area contributed by atoms with Gasteiger partial charge < -0.3 is 10.6 Å². The summed E-state index contributed by atoms with van der Waals surface area (Å²) in [6.45, 7) is 8.75. The van der Waals surface area contributed by atoms with Crippen LogP contribution in [0.1, 0.15) is 26.5 Å². The zero-order chi connectivity index (χ0) is 17.4. The number of thioether (sulfide) groups is 1. The molecule has 0 saturated carbocycles. The molecule has 0 atom stereocenters. The molecular weight excluding hydrogens is 318 g/mol. The Morgan fingerprint density at radius 3 is 2.62 bits per heavy atom. The van der Waals surface area contributed by atoms with Crippen molar-refractivity contribution in [2.45, 2.75) is 32.1 Å². The minimum atomic E-state index is 0.172. The van der Waals surface area contributed by atoms with Crippen LogP contribution in [0.15, 0.2) is 47.6 Å². The lowest BCUT2D eigenvalue weighted by molar-refractivity contribution is 0.664. The van der Waals surface area contributed by atoms with Gasteiger partial charge in [0.25, 0.3) is 0 Å². The summed E-state index contributed by atoms with van der Waals surface area (Å²) in [5.74, 6) is 0.828. The van der Waals surface area contributed by atoms with E-state index in [1.807, 2.05) is 59.0 Å². The zero-order valence-corrected chi connectivity index (χ0v) is 15.7. The summed E-state index contributed by atoms with van der Waals surface area (Å²) >= 11 is 1.84. The van der Waals surface area contributed by atoms with Crippen molar-refractivity contribution in [2.75, 3.05) is 19.3 Å². The number of nitrogens with one attached hydrogen (secondary N) is 2. The van der Waals surface area contributed by atoms with Crippen molar-refractivity contribution >= 4 is 17.7 Å². The Bertz CT molecular complexity index is 648. The number of benzene rings is 1. The molecule has 0 amide bonds. The van der Waals surface area contributed by atoms with Gasteiger partial charge in [0.2, 0.25) is 0 Å². The van der Waals surface area contributed by atoms with E-state index in [0.717, 1.165) is 30.4 Å². The van der Waals surface area contributed by atoms with E-state index in [2.05, 4.69) is 47.8 Å². The SMILES string of the molecule is CCNC(=NCc1ccn(-c2ccccc2)n1)NCC(C)(C)SC. The third-order valence-electron chi connectivity index (χ3n) is 3.64. The second-order valence-corrected chi connectivity index (χ2v) is 7.61. The molecule has 5 nitrogen and oxygen atoms in total. The first-order valence-corrected chi connectivity index (χ1v) is 9.44. The Labute approximate surface area is 148 Å². The molecular formula is C18H27N5S. The van der Waals surface area contributed by atoms with Crippen molar-refractivity contribution in [1.29, 1.82) is 0 Å². The van der Waals surface area contributed by atoms with Gasteiger partial charge in [0.15, 0.2) is 5.96 Å². The lowest BCUT2D eigenvalue weighted by Crippen LogP contribution is -2.43. The van der Waals surface area contributed by atoms with Gasteiger partial charge in [0.1, 0.15) is 0 Å². The molecule has 0 spiro atoms. The maximum Gasteiger partial charge on any atom is 0.191 e. The van der Waals surface area contributed by atoms with Gasteiger partial charge in [-0.25, -0.2) is 9.67 Å². The number of aromatic nitrogens is 2. The molecule has 24 heavy (non-hydrogen) atoms. The van der Waals surface area contributed by atoms with Gasteiger partial charge in [-0.1, -0.05) is 18.2 Å². The predicted octanol–water partition coefficient (Wildman–Crippen LogP) is 3.07. The van der Waals surface area contributed by atoms with Crippen molar-refractivity contribution in [1.82, 2.24) is 20.4 Å². The lowest BCUT2D eigenvalue weighted by Gasteiger charge is -2.23. The van der Waals surface area contributed by atoms with E-state index >= 15 is 0 Å². The zero-order valence-electron chi connectivity index (χ0n) is 14.9. The first kappa shape index (κ1) is 18.4. The minimum absolute atomic E-state index is 0.172. The van der Waals surface area contributed by atoms with Crippen LogP contribution in [0.4, 0.5) is 0 Å². The van der Waals surface area contributed by atoms with E-state index in [9.17, 15) is 0 Å². The molecule has 1 aromatic carbocycles. The Hall–Kier alpha value is -1.95. The van der Waals surface area contributed by atoms with Gasteiger partial charge in [-0.3, -0.25) is 0 Å². The van der Waals surface area contributed by atoms with Crippen LogP contribution in [-0.4, -0.2) is 39.8 Å². The van der Waals surface area contributed by atoms with Crippen molar-refractivity contribution in [3.63, 3.8) is 0 Å². The van der Waals surface area contributed by atoms with Gasteiger partial charge >= 0.3 is 0 Å². The monoisotopic (exact) mass is 345 g/mol. The van der Waals surface area contributed by atoms with Gasteiger partial charge in [-0.2, -0.15) is 16.9 Å². The predicted molar refractivity (Wildman–Crippen MR) is 104 cm³/mol. The number of hydrogen-bond acceptors (Lipinski definition) is 3. The number of para-hydroxylation sites is 1. The molecule has 0 radical (unpaired) electrons. The maximum absolute atomic E-state index is 4.64. The Balaban J connectivity index is 2.00. The fourth-order valence-electron chi connectivity index (χ4n) is 2.04. The molecule has 0 bridgehead atoms. The number of nitrogens with zero attached hydrogens (tertiary/aromatic N) is 3. The van der Waals surface area contributed by atoms with Crippen LogP contribution in [0.2, 0.25) is 0 Å². The summed E-state index contributed by atoms with van der Waals surface area (Å²) in [5, 5.41) is 11.3. The molecule has 6 heteroatoms. The lowest BCUT2D eigenvalue weighted by atomic mass is 10.2. The van der Waals surface area contributed by atoms with E-state index in [0.29, 0.717) is 6.54 Å². The molecule has 0 aliphatic carbocycles. The molecule has 2 rings (SSSR count). The minimum Gasteiger partial charge on any atom is -0.357 e. The first-order valence-electron chi connectivity index (χ1n) is 8.21. The molecule has 0 aliphatic rings. The largest absolute Gasteiger partial charge is 0.357 e. The smallest absolute Gasteiger partial charge is 0.191 e. The van der Waals surface area contributed by atoms with E-state index in [-0.39, 0.29) is 4.75 Å². The van der Waals surface area contributed by atoms with Crippen LogP contribution in [0.5, 0.6) is 0 Å². The highest BCUT2D eigenvalue weighted by molar-refractivity contribution is 7.99. The van der Waals surface area contributed by atoms with Gasteiger partial charge in [0.05, 0.1) is 17.9 Å². The number of rotatable bonds is 7. The third-order valence-corrected chi connectivity index (χ3v) is 4.89. The number of guanidine groups is 1. The third kappa shape index (κ3) is 5.60. The molecule has 0 unspecified atom stereocenters.